The van der Waals surface area contributed by atoms with E-state index in [-0.39, 0.29) is 5.78 Å². The normalized spacial score (nSPS) is 10.6. The van der Waals surface area contributed by atoms with Crippen LogP contribution in [-0.4, -0.2) is 12.0 Å². The summed E-state index contributed by atoms with van der Waals surface area (Å²) < 4.78 is 13.8. The molecule has 2 aromatic rings. The van der Waals surface area contributed by atoms with Crippen LogP contribution >= 0.6 is 27.7 Å². The Bertz CT molecular complexity index is 610. The van der Waals surface area contributed by atoms with E-state index in [2.05, 4.69) is 15.9 Å². The number of halogens is 2. The molecule has 0 N–H and O–H groups in total. The molecule has 0 aliphatic carbocycles. The van der Waals surface area contributed by atoms with Crippen molar-refractivity contribution in [1.29, 1.82) is 0 Å². The average molecular weight is 353 g/mol. The van der Waals surface area contributed by atoms with Gasteiger partial charge in [-0.2, -0.15) is 0 Å². The number of rotatable bonds is 5. The van der Waals surface area contributed by atoms with Crippen molar-refractivity contribution in [3.63, 3.8) is 0 Å². The number of aryl methyl sites for hydroxylation is 1. The second kappa shape index (κ2) is 7.04. The Balaban J connectivity index is 1.98. The molecule has 0 atom stereocenters. The van der Waals surface area contributed by atoms with E-state index in [1.807, 2.05) is 30.5 Å². The standard InChI is InChI=1S/C16H14BrFOS/c1-20-13-6-2-11(3-7-13)4-9-16(19)12-5-8-14(17)15(18)10-12/h2-3,5-8,10H,4,9H2,1H3. The molecule has 0 aromatic heterocycles. The molecule has 0 saturated heterocycles. The molecule has 0 radical (unpaired) electrons. The minimum Gasteiger partial charge on any atom is -0.294 e. The number of benzene rings is 2. The van der Waals surface area contributed by atoms with Gasteiger partial charge in [-0.25, -0.2) is 4.39 Å². The van der Waals surface area contributed by atoms with E-state index >= 15 is 0 Å². The molecule has 0 aliphatic rings. The summed E-state index contributed by atoms with van der Waals surface area (Å²) in [6.07, 6.45) is 3.09. The van der Waals surface area contributed by atoms with E-state index in [0.717, 1.165) is 5.56 Å². The highest BCUT2D eigenvalue weighted by atomic mass is 79.9. The van der Waals surface area contributed by atoms with Crippen molar-refractivity contribution in [3.8, 4) is 0 Å². The van der Waals surface area contributed by atoms with Crippen LogP contribution in [0.3, 0.4) is 0 Å². The van der Waals surface area contributed by atoms with E-state index in [0.29, 0.717) is 22.9 Å². The fraction of sp³-hybridized carbons (Fsp3) is 0.188. The van der Waals surface area contributed by atoms with Crippen LogP contribution in [0.2, 0.25) is 0 Å². The fourth-order valence-electron chi connectivity index (χ4n) is 1.86. The first-order valence-corrected chi connectivity index (χ1v) is 8.23. The first-order chi connectivity index (χ1) is 9.60. The zero-order valence-electron chi connectivity index (χ0n) is 11.0. The van der Waals surface area contributed by atoms with Crippen molar-refractivity contribution in [2.45, 2.75) is 17.7 Å². The van der Waals surface area contributed by atoms with Gasteiger partial charge in [0.2, 0.25) is 0 Å². The molecule has 0 heterocycles. The lowest BCUT2D eigenvalue weighted by molar-refractivity contribution is 0.0982. The lowest BCUT2D eigenvalue weighted by atomic mass is 10.0. The predicted octanol–water partition coefficient (Wildman–Crippen LogP) is 5.13. The summed E-state index contributed by atoms with van der Waals surface area (Å²) in [6, 6.07) is 12.6. The molecular weight excluding hydrogens is 339 g/mol. The minimum atomic E-state index is -0.403. The second-order valence-corrected chi connectivity index (χ2v) is 6.13. The Morgan fingerprint density at radius 1 is 1.20 bits per heavy atom. The van der Waals surface area contributed by atoms with Gasteiger partial charge in [0, 0.05) is 16.9 Å². The highest BCUT2D eigenvalue weighted by Crippen LogP contribution is 2.19. The molecule has 0 amide bonds. The number of hydrogen-bond donors (Lipinski definition) is 0. The minimum absolute atomic E-state index is 0.0367. The van der Waals surface area contributed by atoms with Crippen LogP contribution in [0.5, 0.6) is 0 Å². The molecule has 2 aromatic carbocycles. The Labute approximate surface area is 130 Å². The van der Waals surface area contributed by atoms with Crippen LogP contribution in [0.15, 0.2) is 51.8 Å². The third kappa shape index (κ3) is 3.93. The molecule has 2 rings (SSSR count). The number of ketones is 1. The van der Waals surface area contributed by atoms with Gasteiger partial charge in [-0.15, -0.1) is 11.8 Å². The number of thioether (sulfide) groups is 1. The first-order valence-electron chi connectivity index (χ1n) is 6.21. The summed E-state index contributed by atoms with van der Waals surface area (Å²) in [6.45, 7) is 0. The number of hydrogen-bond acceptors (Lipinski definition) is 2. The molecule has 1 nitrogen and oxygen atoms in total. The highest BCUT2D eigenvalue weighted by molar-refractivity contribution is 9.10. The molecule has 0 unspecified atom stereocenters. The zero-order chi connectivity index (χ0) is 14.5. The molecule has 104 valence electrons. The van der Waals surface area contributed by atoms with Gasteiger partial charge in [-0.05, 0) is 58.4 Å². The molecule has 0 fully saturated rings. The molecule has 20 heavy (non-hydrogen) atoms. The van der Waals surface area contributed by atoms with E-state index in [1.54, 1.807) is 23.9 Å². The largest absolute Gasteiger partial charge is 0.294 e. The van der Waals surface area contributed by atoms with Gasteiger partial charge in [-0.3, -0.25) is 4.79 Å². The maximum absolute atomic E-state index is 13.4. The van der Waals surface area contributed by atoms with Crippen molar-refractivity contribution in [2.75, 3.05) is 6.26 Å². The Hall–Kier alpha value is -1.13. The van der Waals surface area contributed by atoms with Gasteiger partial charge >= 0.3 is 0 Å². The lowest BCUT2D eigenvalue weighted by Gasteiger charge is -2.04. The van der Waals surface area contributed by atoms with Gasteiger partial charge < -0.3 is 0 Å². The van der Waals surface area contributed by atoms with Gasteiger partial charge in [-0.1, -0.05) is 18.2 Å². The summed E-state index contributed by atoms with van der Waals surface area (Å²) in [7, 11) is 0. The third-order valence-electron chi connectivity index (χ3n) is 3.04. The summed E-state index contributed by atoms with van der Waals surface area (Å²) in [5.41, 5.74) is 1.54. The van der Waals surface area contributed by atoms with Crippen molar-refractivity contribution >= 4 is 33.5 Å². The van der Waals surface area contributed by atoms with Crippen LogP contribution in [0, 0.1) is 5.82 Å². The summed E-state index contributed by atoms with van der Waals surface area (Å²) in [4.78, 5) is 13.2. The van der Waals surface area contributed by atoms with Crippen LogP contribution in [0.4, 0.5) is 4.39 Å². The van der Waals surface area contributed by atoms with Crippen LogP contribution in [0.25, 0.3) is 0 Å². The monoisotopic (exact) mass is 352 g/mol. The summed E-state index contributed by atoms with van der Waals surface area (Å²) in [5, 5.41) is 0. The average Bonchev–Trinajstić information content (AvgIpc) is 2.48. The molecule has 0 spiro atoms. The number of carbonyl (C=O) groups excluding carboxylic acids is 1. The van der Waals surface area contributed by atoms with Gasteiger partial charge in [0.25, 0.3) is 0 Å². The van der Waals surface area contributed by atoms with Crippen molar-refractivity contribution in [1.82, 2.24) is 0 Å². The van der Waals surface area contributed by atoms with Gasteiger partial charge in [0.15, 0.2) is 5.78 Å². The topological polar surface area (TPSA) is 17.1 Å². The van der Waals surface area contributed by atoms with Crippen LogP contribution in [-0.2, 0) is 6.42 Å². The third-order valence-corrected chi connectivity index (χ3v) is 4.43. The van der Waals surface area contributed by atoms with Crippen molar-refractivity contribution in [2.24, 2.45) is 0 Å². The van der Waals surface area contributed by atoms with Gasteiger partial charge in [0.1, 0.15) is 5.82 Å². The Morgan fingerprint density at radius 2 is 1.90 bits per heavy atom. The van der Waals surface area contributed by atoms with E-state index in [9.17, 15) is 9.18 Å². The van der Waals surface area contributed by atoms with Crippen LogP contribution < -0.4 is 0 Å². The predicted molar refractivity (Wildman–Crippen MR) is 85.0 cm³/mol. The molecular formula is C16H14BrFOS. The van der Waals surface area contributed by atoms with Crippen LogP contribution in [0.1, 0.15) is 22.3 Å². The maximum atomic E-state index is 13.4. The molecule has 4 heteroatoms. The van der Waals surface area contributed by atoms with E-state index in [1.165, 1.54) is 11.0 Å². The Kier molecular flexibility index (Phi) is 5.38. The smallest absolute Gasteiger partial charge is 0.163 e. The first kappa shape index (κ1) is 15.3. The second-order valence-electron chi connectivity index (χ2n) is 4.40. The lowest BCUT2D eigenvalue weighted by Crippen LogP contribution is -2.02. The summed E-state index contributed by atoms with van der Waals surface area (Å²) >= 11 is 4.77. The SMILES string of the molecule is CSc1ccc(CCC(=O)c2ccc(Br)c(F)c2)cc1. The maximum Gasteiger partial charge on any atom is 0.163 e. The van der Waals surface area contributed by atoms with Crippen molar-refractivity contribution < 1.29 is 9.18 Å². The Morgan fingerprint density at radius 3 is 2.50 bits per heavy atom. The quantitative estimate of drug-likeness (QED) is 0.548. The highest BCUT2D eigenvalue weighted by Gasteiger charge is 2.09. The molecule has 0 bridgehead atoms. The van der Waals surface area contributed by atoms with Gasteiger partial charge in [0.05, 0.1) is 4.47 Å². The number of Topliss-reactive ketones (excluding diaryl/α,β-unsaturated/α-hetero) is 1. The van der Waals surface area contributed by atoms with E-state index < -0.39 is 5.82 Å². The molecule has 0 saturated carbocycles. The molecule has 0 aliphatic heterocycles. The van der Waals surface area contributed by atoms with E-state index in [4.69, 9.17) is 0 Å². The van der Waals surface area contributed by atoms with Crippen molar-refractivity contribution in [3.05, 3.63) is 63.9 Å². The fourth-order valence-corrected chi connectivity index (χ4v) is 2.52. The number of carbonyl (C=O) groups is 1. The zero-order valence-corrected chi connectivity index (χ0v) is 13.4. The summed E-state index contributed by atoms with van der Waals surface area (Å²) in [5.74, 6) is -0.439.